The number of H-pyrrole nitrogens is 1. The van der Waals surface area contributed by atoms with Gasteiger partial charge in [-0.25, -0.2) is 4.79 Å². The second kappa shape index (κ2) is 23.0. The number of hydrogen-bond donors (Lipinski definition) is 5. The minimum atomic E-state index is -1.02. The number of fused-ring (bicyclic) bond motifs is 1. The Kier molecular flexibility index (Phi) is 17.6. The smallest absolute Gasteiger partial charge is 0.337 e. The number of aromatic carboxylic acids is 1. The molecule has 15 nitrogen and oxygen atoms in total. The number of rotatable bonds is 23. The third kappa shape index (κ3) is 14.1. The summed E-state index contributed by atoms with van der Waals surface area (Å²) in [5, 5.41) is 26.1. The lowest BCUT2D eigenvalue weighted by Crippen LogP contribution is -2.34. The Balaban J connectivity index is 0.809. The van der Waals surface area contributed by atoms with Crippen LogP contribution in [0.4, 0.5) is 5.69 Å². The molecule has 1 atom stereocenters. The van der Waals surface area contributed by atoms with E-state index < -0.39 is 5.97 Å². The normalized spacial score (nSPS) is 13.7. The Bertz CT molecular complexity index is 2100. The van der Waals surface area contributed by atoms with E-state index in [0.29, 0.717) is 95.6 Å². The van der Waals surface area contributed by atoms with Crippen LogP contribution < -0.4 is 25.7 Å². The lowest BCUT2D eigenvalue weighted by atomic mass is 10.0. The van der Waals surface area contributed by atoms with Crippen molar-refractivity contribution in [2.75, 3.05) is 70.9 Å². The number of hydrazone groups is 1. The Morgan fingerprint density at radius 1 is 0.780 bits per heavy atom. The summed E-state index contributed by atoms with van der Waals surface area (Å²) in [5.41, 5.74) is 3.12. The lowest BCUT2D eigenvalue weighted by molar-refractivity contribution is -0.123. The first-order valence-electron chi connectivity index (χ1n) is 19.1. The van der Waals surface area contributed by atoms with Gasteiger partial charge in [-0.05, 0) is 54.4 Å². The minimum Gasteiger partial charge on any atom is -0.492 e. The van der Waals surface area contributed by atoms with E-state index in [4.69, 9.17) is 53.8 Å². The molecule has 1 aliphatic rings. The largest absolute Gasteiger partial charge is 0.492 e. The maximum Gasteiger partial charge on any atom is 0.337 e. The van der Waals surface area contributed by atoms with Crippen LogP contribution >= 0.6 is 34.8 Å². The molecule has 4 aromatic rings. The van der Waals surface area contributed by atoms with Crippen molar-refractivity contribution in [2.24, 2.45) is 11.0 Å². The number of carbonyl (C=O) groups excluding carboxylic acids is 3. The number of halogens is 3. The van der Waals surface area contributed by atoms with Gasteiger partial charge in [-0.2, -0.15) is 5.10 Å². The molecule has 1 unspecified atom stereocenters. The van der Waals surface area contributed by atoms with Crippen LogP contribution in [0.3, 0.4) is 0 Å². The van der Waals surface area contributed by atoms with Crippen molar-refractivity contribution in [1.29, 1.82) is 0 Å². The van der Waals surface area contributed by atoms with Crippen molar-refractivity contribution >= 4 is 80.9 Å². The average Bonchev–Trinajstić information content (AvgIpc) is 3.80. The molecular formula is C41H47Cl3N6O9. The summed E-state index contributed by atoms with van der Waals surface area (Å²) in [6, 6.07) is 16.0. The molecule has 0 fully saturated rings. The average molecular weight is 874 g/mol. The van der Waals surface area contributed by atoms with Crippen LogP contribution in [0.2, 0.25) is 15.1 Å². The number of carbonyl (C=O) groups is 4. The zero-order chi connectivity index (χ0) is 42.1. The first kappa shape index (κ1) is 45.2. The zero-order valence-corrected chi connectivity index (χ0v) is 34.8. The van der Waals surface area contributed by atoms with Crippen molar-refractivity contribution in [1.82, 2.24) is 20.9 Å². The number of anilines is 1. The molecule has 3 aromatic carbocycles. The molecular weight excluding hydrogens is 827 g/mol. The molecule has 59 heavy (non-hydrogen) atoms. The fourth-order valence-corrected chi connectivity index (χ4v) is 6.50. The molecule has 1 aliphatic heterocycles. The highest BCUT2D eigenvalue weighted by Crippen LogP contribution is 2.34. The van der Waals surface area contributed by atoms with E-state index in [0.717, 1.165) is 11.3 Å². The number of aromatic nitrogens is 1. The molecule has 3 amide bonds. The topological polar surface area (TPSA) is 193 Å². The number of hydrogen-bond acceptors (Lipinski definition) is 10. The van der Waals surface area contributed by atoms with Gasteiger partial charge in [0, 0.05) is 54.4 Å². The summed E-state index contributed by atoms with van der Waals surface area (Å²) in [6.45, 7) is 5.33. The number of nitrogens with one attached hydrogen (secondary N) is 4. The number of amidine groups is 1. The summed E-state index contributed by atoms with van der Waals surface area (Å²) < 4.78 is 22.1. The van der Waals surface area contributed by atoms with Crippen LogP contribution in [-0.4, -0.2) is 105 Å². The second-order valence-electron chi connectivity index (χ2n) is 13.5. The number of ether oxygens (including phenoxy) is 4. The van der Waals surface area contributed by atoms with Crippen LogP contribution in [0.5, 0.6) is 5.75 Å². The molecule has 18 heteroatoms. The maximum absolute atomic E-state index is 12.5. The van der Waals surface area contributed by atoms with E-state index in [-0.39, 0.29) is 68.3 Å². The van der Waals surface area contributed by atoms with E-state index >= 15 is 0 Å². The van der Waals surface area contributed by atoms with Crippen molar-refractivity contribution in [3.63, 3.8) is 0 Å². The number of nitrogens with zero attached hydrogens (tertiary/aromatic N) is 2. The standard InChI is InChI=1S/C41H47Cl3N6O9/c1-26-25-50(28-6-9-33(42)35(44)21-28)49-40(26)48-39(53)3-2-12-45-37(51)10-14-56-17-19-58-20-18-57-15-11-38(52)46-13-16-59-29-7-4-27(5-8-29)30-22-31-32(41(54)55)24-47-36(31)23-34(30)43/h4-9,21-24,26,47H,2-3,10-20,25H2,1H3,(H,45,51)(H,46,52)(H,54,55)(H,48,49,53). The number of amides is 3. The highest BCUT2D eigenvalue weighted by atomic mass is 35.5. The first-order valence-corrected chi connectivity index (χ1v) is 20.3. The third-order valence-corrected chi connectivity index (χ3v) is 10.1. The number of carboxylic acids is 1. The monoisotopic (exact) mass is 872 g/mol. The summed E-state index contributed by atoms with van der Waals surface area (Å²) in [6.07, 6.45) is 2.55. The Morgan fingerprint density at radius 3 is 2.10 bits per heavy atom. The molecule has 0 spiro atoms. The maximum atomic E-state index is 12.5. The van der Waals surface area contributed by atoms with E-state index in [1.54, 1.807) is 41.4 Å². The van der Waals surface area contributed by atoms with Gasteiger partial charge in [0.1, 0.15) is 18.2 Å². The first-order chi connectivity index (χ1) is 28.5. The van der Waals surface area contributed by atoms with Gasteiger partial charge >= 0.3 is 5.97 Å². The molecule has 0 saturated heterocycles. The predicted octanol–water partition coefficient (Wildman–Crippen LogP) is 6.30. The van der Waals surface area contributed by atoms with Crippen LogP contribution in [0.15, 0.2) is 65.9 Å². The van der Waals surface area contributed by atoms with Crippen LogP contribution in [0, 0.1) is 5.92 Å². The van der Waals surface area contributed by atoms with Crippen LogP contribution in [-0.2, 0) is 28.6 Å². The third-order valence-electron chi connectivity index (χ3n) is 9.06. The fourth-order valence-electron chi connectivity index (χ4n) is 5.93. The van der Waals surface area contributed by atoms with E-state index in [9.17, 15) is 24.3 Å². The van der Waals surface area contributed by atoms with Gasteiger partial charge in [0.15, 0.2) is 0 Å². The van der Waals surface area contributed by atoms with Crippen molar-refractivity contribution in [3.8, 4) is 16.9 Å². The summed E-state index contributed by atoms with van der Waals surface area (Å²) in [7, 11) is 0. The highest BCUT2D eigenvalue weighted by molar-refractivity contribution is 6.42. The quantitative estimate of drug-likeness (QED) is 0.0529. The van der Waals surface area contributed by atoms with E-state index in [1.165, 1.54) is 6.20 Å². The molecule has 5 rings (SSSR count). The molecule has 2 heterocycles. The number of aromatic amines is 1. The zero-order valence-electron chi connectivity index (χ0n) is 32.5. The van der Waals surface area contributed by atoms with Gasteiger partial charge in [-0.15, -0.1) is 0 Å². The van der Waals surface area contributed by atoms with Gasteiger partial charge in [0.2, 0.25) is 17.7 Å². The molecule has 0 saturated carbocycles. The highest BCUT2D eigenvalue weighted by Gasteiger charge is 2.25. The summed E-state index contributed by atoms with van der Waals surface area (Å²) in [4.78, 5) is 51.2. The van der Waals surface area contributed by atoms with Gasteiger partial charge in [-0.1, -0.05) is 53.9 Å². The molecule has 0 bridgehead atoms. The summed E-state index contributed by atoms with van der Waals surface area (Å²) in [5.74, 6) is -0.304. The predicted molar refractivity (Wildman–Crippen MR) is 227 cm³/mol. The molecule has 0 radical (unpaired) electrons. The van der Waals surface area contributed by atoms with E-state index in [1.807, 2.05) is 25.1 Å². The van der Waals surface area contributed by atoms with Crippen LogP contribution in [0.1, 0.15) is 43.0 Å². The van der Waals surface area contributed by atoms with Gasteiger partial charge in [0.05, 0.1) is 79.0 Å². The second-order valence-corrected chi connectivity index (χ2v) is 14.7. The SMILES string of the molecule is CC1CN(c2ccc(Cl)c(Cl)c2)N=C1NC(=O)CCCNC(=O)CCOCCOCCOCCC(=O)NCCOc1ccc(-c2cc3c(C(=O)O)c[nH]c3cc2Cl)cc1. The number of carboxylic acid groups (broad SMARTS) is 1. The van der Waals surface area contributed by atoms with Crippen LogP contribution in [0.25, 0.3) is 22.0 Å². The molecule has 1 aromatic heterocycles. The number of benzene rings is 3. The van der Waals surface area contributed by atoms with Gasteiger partial charge < -0.3 is 45.0 Å². The Hall–Kier alpha value is -4.90. The van der Waals surface area contributed by atoms with Crippen molar-refractivity contribution < 1.29 is 43.2 Å². The molecule has 5 N–H and O–H groups in total. The van der Waals surface area contributed by atoms with Crippen molar-refractivity contribution in [2.45, 2.75) is 32.6 Å². The minimum absolute atomic E-state index is 0.0250. The lowest BCUT2D eigenvalue weighted by Gasteiger charge is -2.14. The molecule has 316 valence electrons. The van der Waals surface area contributed by atoms with Crippen molar-refractivity contribution in [3.05, 3.63) is 81.4 Å². The summed E-state index contributed by atoms with van der Waals surface area (Å²) >= 11 is 18.6. The Labute approximate surface area is 356 Å². The Morgan fingerprint density at radius 2 is 1.44 bits per heavy atom. The molecule has 0 aliphatic carbocycles. The van der Waals surface area contributed by atoms with E-state index in [2.05, 4.69) is 26.0 Å². The van der Waals surface area contributed by atoms with Gasteiger partial charge in [0.25, 0.3) is 0 Å². The van der Waals surface area contributed by atoms with Gasteiger partial charge in [-0.3, -0.25) is 19.4 Å². The fraction of sp³-hybridized carbons (Fsp3) is 0.390.